The van der Waals surface area contributed by atoms with Crippen molar-refractivity contribution in [3.05, 3.63) is 54.6 Å². The van der Waals surface area contributed by atoms with E-state index in [-0.39, 0.29) is 11.5 Å². The third-order valence-electron chi connectivity index (χ3n) is 10.9. The van der Waals surface area contributed by atoms with Gasteiger partial charge in [0.2, 0.25) is 0 Å². The summed E-state index contributed by atoms with van der Waals surface area (Å²) in [5, 5.41) is 3.66. The number of carbonyl (C=O) groups excluding carboxylic acids is 1. The lowest BCUT2D eigenvalue weighted by Crippen LogP contribution is -2.43. The van der Waals surface area contributed by atoms with Crippen molar-refractivity contribution in [3.63, 3.8) is 0 Å². The molecular weight excluding hydrogens is 416 g/mol. The Bertz CT molecular complexity index is 955. The topological polar surface area (TPSA) is 55.1 Å². The Labute approximate surface area is 205 Å². The highest BCUT2D eigenvalue weighted by atomic mass is 16.1. The Morgan fingerprint density at radius 3 is 2.76 bits per heavy atom. The maximum absolute atomic E-state index is 12.2. The minimum atomic E-state index is -0.325. The van der Waals surface area contributed by atoms with Crippen LogP contribution < -0.4 is 11.1 Å². The molecular formula is C31H42N2O. The highest BCUT2D eigenvalue weighted by Gasteiger charge is 2.73. The third-order valence-corrected chi connectivity index (χ3v) is 10.9. The summed E-state index contributed by atoms with van der Waals surface area (Å²) in [6, 6.07) is 10.3. The number of anilines is 1. The molecule has 3 N–H and O–H groups in total. The molecule has 4 saturated carbocycles. The van der Waals surface area contributed by atoms with Crippen molar-refractivity contribution in [2.75, 3.05) is 11.9 Å². The van der Waals surface area contributed by atoms with Crippen LogP contribution in [0.15, 0.2) is 54.6 Å². The molecule has 0 bridgehead atoms. The van der Waals surface area contributed by atoms with Gasteiger partial charge in [0, 0.05) is 17.6 Å². The highest BCUT2D eigenvalue weighted by molar-refractivity contribution is 5.61. The highest BCUT2D eigenvalue weighted by Crippen LogP contribution is 2.75. The third kappa shape index (κ3) is 3.53. The van der Waals surface area contributed by atoms with Crippen LogP contribution >= 0.6 is 0 Å². The van der Waals surface area contributed by atoms with Gasteiger partial charge in [-0.1, -0.05) is 49.4 Å². The van der Waals surface area contributed by atoms with Crippen LogP contribution in [0.1, 0.15) is 51.9 Å². The van der Waals surface area contributed by atoms with Crippen LogP contribution in [0.25, 0.3) is 0 Å². The zero-order valence-corrected chi connectivity index (χ0v) is 20.7. The van der Waals surface area contributed by atoms with Gasteiger partial charge in [-0.25, -0.2) is 0 Å². The molecule has 0 aromatic heterocycles. The van der Waals surface area contributed by atoms with Crippen molar-refractivity contribution in [1.82, 2.24) is 0 Å². The minimum absolute atomic E-state index is 0.00271. The van der Waals surface area contributed by atoms with Crippen LogP contribution in [-0.2, 0) is 4.79 Å². The normalized spacial score (nSPS) is 45.6. The van der Waals surface area contributed by atoms with E-state index in [0.717, 1.165) is 37.0 Å². The van der Waals surface area contributed by atoms with Gasteiger partial charge < -0.3 is 15.8 Å². The molecule has 3 heteroatoms. The van der Waals surface area contributed by atoms with E-state index in [0.29, 0.717) is 35.5 Å². The summed E-state index contributed by atoms with van der Waals surface area (Å²) in [6.07, 6.45) is 14.9. The number of carbonyl (C=O) groups is 1. The second kappa shape index (κ2) is 8.66. The fourth-order valence-corrected chi connectivity index (χ4v) is 9.54. The number of allylic oxidation sites excluding steroid dienone is 3. The molecule has 11 unspecified atom stereocenters. The molecule has 3 nitrogen and oxygen atoms in total. The van der Waals surface area contributed by atoms with Crippen LogP contribution in [0, 0.1) is 58.7 Å². The first-order valence-corrected chi connectivity index (χ1v) is 13.9. The summed E-state index contributed by atoms with van der Waals surface area (Å²) in [7, 11) is 0. The van der Waals surface area contributed by atoms with Gasteiger partial charge in [0.1, 0.15) is 6.29 Å². The second-order valence-corrected chi connectivity index (χ2v) is 12.6. The van der Waals surface area contributed by atoms with Crippen LogP contribution in [-0.4, -0.2) is 18.9 Å². The number of hydrogen-bond acceptors (Lipinski definition) is 3. The first-order valence-electron chi connectivity index (χ1n) is 13.9. The number of fused-ring (bicyclic) bond motifs is 4. The molecule has 34 heavy (non-hydrogen) atoms. The molecule has 0 saturated heterocycles. The number of benzene rings is 1. The van der Waals surface area contributed by atoms with Crippen molar-refractivity contribution in [1.29, 1.82) is 0 Å². The lowest BCUT2D eigenvalue weighted by Gasteiger charge is -2.38. The van der Waals surface area contributed by atoms with Gasteiger partial charge in [-0.3, -0.25) is 0 Å². The molecule has 0 aliphatic heterocycles. The summed E-state index contributed by atoms with van der Waals surface area (Å²) >= 11 is 0. The van der Waals surface area contributed by atoms with E-state index in [2.05, 4.69) is 61.3 Å². The van der Waals surface area contributed by atoms with E-state index in [1.165, 1.54) is 49.8 Å². The average molecular weight is 459 g/mol. The summed E-state index contributed by atoms with van der Waals surface area (Å²) in [5.74, 6) is 5.98. The fraction of sp³-hybridized carbons (Fsp3) is 0.645. The molecule has 11 atom stereocenters. The van der Waals surface area contributed by atoms with E-state index in [9.17, 15) is 4.79 Å². The fourth-order valence-electron chi connectivity index (χ4n) is 9.54. The quantitative estimate of drug-likeness (QED) is 0.401. The summed E-state index contributed by atoms with van der Waals surface area (Å²) < 4.78 is 0. The number of rotatable bonds is 6. The molecule has 0 radical (unpaired) electrons. The van der Waals surface area contributed by atoms with Gasteiger partial charge in [-0.05, 0) is 110 Å². The number of nitrogens with two attached hydrogens (primary N) is 1. The smallest absolute Gasteiger partial charge is 0.137 e. The lowest BCUT2D eigenvalue weighted by molar-refractivity contribution is -0.111. The molecule has 0 spiro atoms. The van der Waals surface area contributed by atoms with Crippen LogP contribution in [0.2, 0.25) is 0 Å². The van der Waals surface area contributed by atoms with Crippen LogP contribution in [0.4, 0.5) is 5.69 Å². The van der Waals surface area contributed by atoms with Crippen molar-refractivity contribution in [3.8, 4) is 0 Å². The first kappa shape index (κ1) is 22.6. The van der Waals surface area contributed by atoms with E-state index in [1.807, 2.05) is 0 Å². The van der Waals surface area contributed by atoms with Crippen LogP contribution in [0.3, 0.4) is 0 Å². The largest absolute Gasteiger partial charge is 0.385 e. The standard InChI is InChI=1S/C31H42N2O/c1-19-12-26-20(2)8-11-28-30(27(26)13-19)31(28,29(32)18-34)24-10-9-22-14-21(15-23(22)16-24)17-33-25-6-4-3-5-7-25/h3-7,9-10,18-19,21-24,26-30,33H,2,8,11-17,32H2,1H3. The number of nitrogens with one attached hydrogen (secondary N) is 1. The van der Waals surface area contributed by atoms with E-state index in [4.69, 9.17) is 5.73 Å². The molecule has 0 heterocycles. The van der Waals surface area contributed by atoms with Gasteiger partial charge in [-0.15, -0.1) is 0 Å². The molecule has 5 aliphatic carbocycles. The molecule has 6 rings (SSSR count). The van der Waals surface area contributed by atoms with E-state index in [1.54, 1.807) is 0 Å². The van der Waals surface area contributed by atoms with Crippen molar-refractivity contribution in [2.45, 2.75) is 57.9 Å². The second-order valence-electron chi connectivity index (χ2n) is 12.6. The molecule has 0 amide bonds. The number of hydrogen-bond donors (Lipinski definition) is 2. The Balaban J connectivity index is 1.19. The molecule has 1 aromatic rings. The monoisotopic (exact) mass is 458 g/mol. The van der Waals surface area contributed by atoms with Crippen molar-refractivity contribution >= 4 is 12.0 Å². The Kier molecular flexibility index (Phi) is 5.75. The summed E-state index contributed by atoms with van der Waals surface area (Å²) in [6.45, 7) is 7.97. The number of para-hydroxylation sites is 1. The molecule has 1 aromatic carbocycles. The molecule has 5 aliphatic rings. The van der Waals surface area contributed by atoms with E-state index >= 15 is 0 Å². The SMILES string of the molecule is C=C1CCC2C(C3CC(C)CC13)C2(C(N)C=O)C1C=CC2CC(CNc3ccccc3)CC2C1. The Morgan fingerprint density at radius 2 is 1.97 bits per heavy atom. The van der Waals surface area contributed by atoms with E-state index < -0.39 is 0 Å². The van der Waals surface area contributed by atoms with Crippen molar-refractivity contribution in [2.24, 2.45) is 64.4 Å². The zero-order chi connectivity index (χ0) is 23.4. The summed E-state index contributed by atoms with van der Waals surface area (Å²) in [4.78, 5) is 12.2. The maximum Gasteiger partial charge on any atom is 0.137 e. The molecule has 182 valence electrons. The van der Waals surface area contributed by atoms with Crippen LogP contribution in [0.5, 0.6) is 0 Å². The van der Waals surface area contributed by atoms with Crippen molar-refractivity contribution < 1.29 is 4.79 Å². The maximum atomic E-state index is 12.2. The van der Waals surface area contributed by atoms with Gasteiger partial charge in [0.25, 0.3) is 0 Å². The molecule has 4 fully saturated rings. The predicted octanol–water partition coefficient (Wildman–Crippen LogP) is 6.09. The zero-order valence-electron chi connectivity index (χ0n) is 20.7. The Morgan fingerprint density at radius 1 is 1.15 bits per heavy atom. The van der Waals surface area contributed by atoms with Gasteiger partial charge in [-0.2, -0.15) is 0 Å². The first-order chi connectivity index (χ1) is 16.5. The van der Waals surface area contributed by atoms with Gasteiger partial charge in [0.15, 0.2) is 0 Å². The minimum Gasteiger partial charge on any atom is -0.385 e. The number of aldehydes is 1. The van der Waals surface area contributed by atoms with Gasteiger partial charge in [0.05, 0.1) is 6.04 Å². The lowest BCUT2D eigenvalue weighted by atomic mass is 9.67. The Hall–Kier alpha value is -1.87. The predicted molar refractivity (Wildman–Crippen MR) is 139 cm³/mol. The van der Waals surface area contributed by atoms with Gasteiger partial charge >= 0.3 is 0 Å². The average Bonchev–Trinajstić information content (AvgIpc) is 3.15. The summed E-state index contributed by atoms with van der Waals surface area (Å²) in [5.41, 5.74) is 9.46.